The number of primary amides is 1. The van der Waals surface area contributed by atoms with Crippen LogP contribution in [0.2, 0.25) is 0 Å². The SMILES string of the molecule is NCCNc1ncc(C(N)=O)c(Nc2ccc3ccccc3c2)n1. The highest BCUT2D eigenvalue weighted by Crippen LogP contribution is 2.23. The van der Waals surface area contributed by atoms with E-state index in [9.17, 15) is 4.79 Å². The van der Waals surface area contributed by atoms with Gasteiger partial charge in [-0.1, -0.05) is 30.3 Å². The number of carbonyl (C=O) groups excluding carboxylic acids is 1. The van der Waals surface area contributed by atoms with E-state index in [2.05, 4.69) is 20.6 Å². The van der Waals surface area contributed by atoms with E-state index in [0.717, 1.165) is 16.5 Å². The van der Waals surface area contributed by atoms with E-state index in [-0.39, 0.29) is 5.56 Å². The van der Waals surface area contributed by atoms with Crippen LogP contribution in [0.5, 0.6) is 0 Å². The molecule has 7 nitrogen and oxygen atoms in total. The third kappa shape index (κ3) is 3.41. The Labute approximate surface area is 139 Å². The summed E-state index contributed by atoms with van der Waals surface area (Å²) in [6.07, 6.45) is 1.40. The van der Waals surface area contributed by atoms with Gasteiger partial charge in [-0.25, -0.2) is 4.98 Å². The van der Waals surface area contributed by atoms with E-state index >= 15 is 0 Å². The van der Waals surface area contributed by atoms with Gasteiger partial charge < -0.3 is 22.1 Å². The summed E-state index contributed by atoms with van der Waals surface area (Å²) in [5.74, 6) is 0.143. The molecule has 0 spiro atoms. The monoisotopic (exact) mass is 322 g/mol. The van der Waals surface area contributed by atoms with Crippen molar-refractivity contribution >= 4 is 34.1 Å². The first-order chi connectivity index (χ1) is 11.7. The number of nitrogens with two attached hydrogens (primary N) is 2. The van der Waals surface area contributed by atoms with Crippen LogP contribution in [0.25, 0.3) is 10.8 Å². The summed E-state index contributed by atoms with van der Waals surface area (Å²) in [4.78, 5) is 20.0. The second kappa shape index (κ2) is 6.93. The number of aromatic nitrogens is 2. The number of benzene rings is 2. The number of anilines is 3. The number of rotatable bonds is 6. The minimum absolute atomic E-state index is 0.224. The number of amides is 1. The zero-order chi connectivity index (χ0) is 16.9. The van der Waals surface area contributed by atoms with Gasteiger partial charge in [0.1, 0.15) is 11.4 Å². The largest absolute Gasteiger partial charge is 0.365 e. The van der Waals surface area contributed by atoms with Crippen molar-refractivity contribution in [1.29, 1.82) is 0 Å². The normalized spacial score (nSPS) is 10.5. The standard InChI is InChI=1S/C17H18N6O/c18-7-8-20-17-21-10-14(15(19)24)16(23-17)22-13-6-5-11-3-1-2-4-12(11)9-13/h1-6,9-10H,7-8,18H2,(H2,19,24)(H2,20,21,22,23). The van der Waals surface area contributed by atoms with Gasteiger partial charge in [0, 0.05) is 25.0 Å². The number of hydrogen-bond donors (Lipinski definition) is 4. The van der Waals surface area contributed by atoms with E-state index < -0.39 is 5.91 Å². The molecule has 1 amide bonds. The first kappa shape index (κ1) is 15.7. The number of nitrogens with zero attached hydrogens (tertiary/aromatic N) is 2. The van der Waals surface area contributed by atoms with Crippen molar-refractivity contribution in [2.45, 2.75) is 0 Å². The molecule has 3 rings (SSSR count). The summed E-state index contributed by atoms with van der Waals surface area (Å²) in [5, 5.41) is 8.33. The molecule has 0 atom stereocenters. The van der Waals surface area contributed by atoms with Crippen molar-refractivity contribution in [1.82, 2.24) is 9.97 Å². The van der Waals surface area contributed by atoms with Gasteiger partial charge in [0.2, 0.25) is 5.95 Å². The third-order valence-electron chi connectivity index (χ3n) is 3.49. The Morgan fingerprint density at radius 3 is 2.67 bits per heavy atom. The van der Waals surface area contributed by atoms with Crippen LogP contribution in [0.4, 0.5) is 17.5 Å². The number of nitrogens with one attached hydrogen (secondary N) is 2. The molecular formula is C17H18N6O. The quantitative estimate of drug-likeness (QED) is 0.550. The predicted octanol–water partition coefficient (Wildman–Crippen LogP) is 1.84. The van der Waals surface area contributed by atoms with Crippen LogP contribution in [0, 0.1) is 0 Å². The fourth-order valence-electron chi connectivity index (χ4n) is 2.33. The molecule has 7 heteroatoms. The van der Waals surface area contributed by atoms with Crippen LogP contribution in [-0.4, -0.2) is 29.0 Å². The Balaban J connectivity index is 1.94. The number of fused-ring (bicyclic) bond motifs is 1. The maximum atomic E-state index is 11.6. The highest BCUT2D eigenvalue weighted by atomic mass is 16.1. The molecule has 0 saturated carbocycles. The minimum atomic E-state index is -0.594. The highest BCUT2D eigenvalue weighted by molar-refractivity contribution is 5.98. The molecule has 0 fully saturated rings. The molecule has 0 unspecified atom stereocenters. The Kier molecular flexibility index (Phi) is 4.53. The molecule has 6 N–H and O–H groups in total. The van der Waals surface area contributed by atoms with Gasteiger partial charge in [0.05, 0.1) is 0 Å². The van der Waals surface area contributed by atoms with Crippen molar-refractivity contribution in [2.75, 3.05) is 23.7 Å². The first-order valence-electron chi connectivity index (χ1n) is 7.54. The van der Waals surface area contributed by atoms with Gasteiger partial charge in [-0.05, 0) is 22.9 Å². The fourth-order valence-corrected chi connectivity index (χ4v) is 2.33. The molecule has 0 radical (unpaired) electrons. The van der Waals surface area contributed by atoms with Crippen LogP contribution in [-0.2, 0) is 0 Å². The molecule has 0 bridgehead atoms. The van der Waals surface area contributed by atoms with Gasteiger partial charge in [0.25, 0.3) is 5.91 Å². The second-order valence-electron chi connectivity index (χ2n) is 5.22. The molecule has 0 aliphatic carbocycles. The lowest BCUT2D eigenvalue weighted by molar-refractivity contribution is 0.100. The zero-order valence-corrected chi connectivity index (χ0v) is 13.0. The minimum Gasteiger partial charge on any atom is -0.365 e. The summed E-state index contributed by atoms with van der Waals surface area (Å²) in [7, 11) is 0. The number of carbonyl (C=O) groups is 1. The van der Waals surface area contributed by atoms with E-state index in [1.165, 1.54) is 6.20 Å². The van der Waals surface area contributed by atoms with Crippen molar-refractivity contribution in [3.8, 4) is 0 Å². The maximum absolute atomic E-state index is 11.6. The summed E-state index contributed by atoms with van der Waals surface area (Å²) >= 11 is 0. The van der Waals surface area contributed by atoms with Crippen molar-refractivity contribution in [3.63, 3.8) is 0 Å². The molecule has 3 aromatic rings. The molecule has 122 valence electrons. The Hall–Kier alpha value is -3.19. The van der Waals surface area contributed by atoms with Crippen molar-refractivity contribution in [2.24, 2.45) is 11.5 Å². The van der Waals surface area contributed by atoms with Crippen LogP contribution in [0.15, 0.2) is 48.7 Å². The molecule has 0 saturated heterocycles. The Morgan fingerprint density at radius 1 is 1.12 bits per heavy atom. The van der Waals surface area contributed by atoms with Gasteiger partial charge in [-0.3, -0.25) is 4.79 Å². The van der Waals surface area contributed by atoms with Crippen LogP contribution in [0.3, 0.4) is 0 Å². The van der Waals surface area contributed by atoms with Crippen molar-refractivity contribution in [3.05, 3.63) is 54.2 Å². The molecule has 24 heavy (non-hydrogen) atoms. The van der Waals surface area contributed by atoms with Gasteiger partial charge >= 0.3 is 0 Å². The van der Waals surface area contributed by atoms with Crippen LogP contribution in [0.1, 0.15) is 10.4 Å². The fraction of sp³-hybridized carbons (Fsp3) is 0.118. The smallest absolute Gasteiger partial charge is 0.254 e. The van der Waals surface area contributed by atoms with Gasteiger partial charge in [-0.2, -0.15) is 4.98 Å². The molecule has 0 aliphatic rings. The molecule has 1 heterocycles. The van der Waals surface area contributed by atoms with E-state index in [0.29, 0.717) is 24.9 Å². The van der Waals surface area contributed by atoms with Gasteiger partial charge in [0.15, 0.2) is 0 Å². The summed E-state index contributed by atoms with van der Waals surface area (Å²) in [5.41, 5.74) is 11.9. The molecular weight excluding hydrogens is 304 g/mol. The van der Waals surface area contributed by atoms with Crippen LogP contribution >= 0.6 is 0 Å². The van der Waals surface area contributed by atoms with Crippen LogP contribution < -0.4 is 22.1 Å². The number of hydrogen-bond acceptors (Lipinski definition) is 6. The Morgan fingerprint density at radius 2 is 1.92 bits per heavy atom. The average Bonchev–Trinajstić information content (AvgIpc) is 2.59. The molecule has 1 aromatic heterocycles. The average molecular weight is 322 g/mol. The van der Waals surface area contributed by atoms with E-state index in [1.807, 2.05) is 42.5 Å². The van der Waals surface area contributed by atoms with Gasteiger partial charge in [-0.15, -0.1) is 0 Å². The molecule has 2 aromatic carbocycles. The summed E-state index contributed by atoms with van der Waals surface area (Å²) < 4.78 is 0. The first-order valence-corrected chi connectivity index (χ1v) is 7.54. The lowest BCUT2D eigenvalue weighted by Gasteiger charge is -2.11. The zero-order valence-electron chi connectivity index (χ0n) is 13.0. The highest BCUT2D eigenvalue weighted by Gasteiger charge is 2.12. The van der Waals surface area contributed by atoms with E-state index in [4.69, 9.17) is 11.5 Å². The maximum Gasteiger partial charge on any atom is 0.254 e. The van der Waals surface area contributed by atoms with Crippen molar-refractivity contribution < 1.29 is 4.79 Å². The topological polar surface area (TPSA) is 119 Å². The Bertz CT molecular complexity index is 880. The molecule has 0 aliphatic heterocycles. The summed E-state index contributed by atoms with van der Waals surface area (Å²) in [6, 6.07) is 13.9. The summed E-state index contributed by atoms with van der Waals surface area (Å²) in [6.45, 7) is 0.986. The second-order valence-corrected chi connectivity index (χ2v) is 5.22. The van der Waals surface area contributed by atoms with E-state index in [1.54, 1.807) is 0 Å². The predicted molar refractivity (Wildman–Crippen MR) is 95.3 cm³/mol. The third-order valence-corrected chi connectivity index (χ3v) is 3.49. The lowest BCUT2D eigenvalue weighted by Crippen LogP contribution is -2.18. The lowest BCUT2D eigenvalue weighted by atomic mass is 10.1.